The van der Waals surface area contributed by atoms with Gasteiger partial charge in [0.25, 0.3) is 0 Å². The molecule has 1 saturated carbocycles. The summed E-state index contributed by atoms with van der Waals surface area (Å²) >= 11 is 3.20. The van der Waals surface area contributed by atoms with Gasteiger partial charge >= 0.3 is 0 Å². The molecule has 7 nitrogen and oxygen atoms in total. The summed E-state index contributed by atoms with van der Waals surface area (Å²) in [7, 11) is -7.36. The van der Waals surface area contributed by atoms with Gasteiger partial charge in [0.2, 0.25) is 15.9 Å². The molecule has 138 valence electrons. The van der Waals surface area contributed by atoms with E-state index in [0.29, 0.717) is 17.6 Å². The van der Waals surface area contributed by atoms with Gasteiger partial charge in [-0.2, -0.15) is 4.31 Å². The summed E-state index contributed by atoms with van der Waals surface area (Å²) in [5.41, 5.74) is 0. The molecule has 1 aromatic rings. The van der Waals surface area contributed by atoms with Crippen molar-refractivity contribution < 1.29 is 21.6 Å². The van der Waals surface area contributed by atoms with Gasteiger partial charge in [0.15, 0.2) is 9.84 Å². The molecule has 1 aliphatic heterocycles. The third-order valence-electron chi connectivity index (χ3n) is 4.43. The summed E-state index contributed by atoms with van der Waals surface area (Å²) in [6.07, 6.45) is 2.88. The number of piperazine rings is 1. The number of hydrogen-bond acceptors (Lipinski definition) is 5. The SMILES string of the molecule is CS(=O)(=O)c1ccc(Br)c(S(=O)(=O)N2CCN(C(=O)C3CC3)CC2)c1. The molecule has 0 spiro atoms. The standard InChI is InChI=1S/C15H19BrN2O5S2/c1-24(20,21)12-4-5-13(16)14(10-12)25(22,23)18-8-6-17(7-9-18)15(19)11-2-3-11/h4-5,10-11H,2-3,6-9H2,1H3. The topological polar surface area (TPSA) is 91.8 Å². The Hall–Kier alpha value is -0.970. The number of halogens is 1. The first-order valence-corrected chi connectivity index (χ1v) is 12.0. The smallest absolute Gasteiger partial charge is 0.244 e. The van der Waals surface area contributed by atoms with Crippen LogP contribution < -0.4 is 0 Å². The van der Waals surface area contributed by atoms with Crippen LogP contribution in [0.2, 0.25) is 0 Å². The molecule has 0 bridgehead atoms. The second-order valence-electron chi connectivity index (χ2n) is 6.37. The average molecular weight is 451 g/mol. The molecule has 0 radical (unpaired) electrons. The highest BCUT2D eigenvalue weighted by Crippen LogP contribution is 2.32. The summed E-state index contributed by atoms with van der Waals surface area (Å²) < 4.78 is 50.9. The van der Waals surface area contributed by atoms with Crippen LogP contribution in [0, 0.1) is 5.92 Å². The summed E-state index contributed by atoms with van der Waals surface area (Å²) in [5, 5.41) is 0. The van der Waals surface area contributed by atoms with E-state index in [0.717, 1.165) is 19.1 Å². The van der Waals surface area contributed by atoms with E-state index in [9.17, 15) is 21.6 Å². The minimum absolute atomic E-state index is 0.0446. The first kappa shape index (κ1) is 18.8. The van der Waals surface area contributed by atoms with Crippen LogP contribution in [0.5, 0.6) is 0 Å². The molecule has 3 rings (SSSR count). The van der Waals surface area contributed by atoms with Crippen LogP contribution in [-0.4, -0.2) is 64.4 Å². The minimum atomic E-state index is -3.85. The third kappa shape index (κ3) is 3.91. The zero-order valence-electron chi connectivity index (χ0n) is 13.7. The highest BCUT2D eigenvalue weighted by Gasteiger charge is 2.37. The third-order valence-corrected chi connectivity index (χ3v) is 8.43. The second-order valence-corrected chi connectivity index (χ2v) is 11.1. The van der Waals surface area contributed by atoms with Crippen molar-refractivity contribution in [1.29, 1.82) is 0 Å². The van der Waals surface area contributed by atoms with Crippen LogP contribution in [0.4, 0.5) is 0 Å². The molecule has 25 heavy (non-hydrogen) atoms. The highest BCUT2D eigenvalue weighted by molar-refractivity contribution is 9.10. The lowest BCUT2D eigenvalue weighted by Crippen LogP contribution is -2.50. The molecular weight excluding hydrogens is 432 g/mol. The van der Waals surface area contributed by atoms with Crippen molar-refractivity contribution in [1.82, 2.24) is 9.21 Å². The Kier molecular flexibility index (Phi) is 5.00. The van der Waals surface area contributed by atoms with Crippen LogP contribution in [0.15, 0.2) is 32.5 Å². The van der Waals surface area contributed by atoms with E-state index < -0.39 is 19.9 Å². The fourth-order valence-electron chi connectivity index (χ4n) is 2.79. The Bertz CT molecular complexity index is 902. The number of sulfonamides is 1. The number of rotatable bonds is 4. The second kappa shape index (κ2) is 6.64. The van der Waals surface area contributed by atoms with Crippen LogP contribution in [0.3, 0.4) is 0 Å². The van der Waals surface area contributed by atoms with Crippen molar-refractivity contribution in [3.05, 3.63) is 22.7 Å². The van der Waals surface area contributed by atoms with Gasteiger partial charge in [-0.1, -0.05) is 0 Å². The Balaban J connectivity index is 1.82. The number of amides is 1. The number of sulfone groups is 1. The number of nitrogens with zero attached hydrogens (tertiary/aromatic N) is 2. The predicted molar refractivity (Wildman–Crippen MR) is 95.3 cm³/mol. The van der Waals surface area contributed by atoms with E-state index in [2.05, 4.69) is 15.9 Å². The van der Waals surface area contributed by atoms with Gasteiger partial charge in [0, 0.05) is 42.8 Å². The van der Waals surface area contributed by atoms with Gasteiger partial charge in [-0.3, -0.25) is 4.79 Å². The maximum absolute atomic E-state index is 12.9. The van der Waals surface area contributed by atoms with Crippen molar-refractivity contribution in [3.63, 3.8) is 0 Å². The van der Waals surface area contributed by atoms with Crippen LogP contribution in [0.1, 0.15) is 12.8 Å². The number of hydrogen-bond donors (Lipinski definition) is 0. The molecule has 1 saturated heterocycles. The fourth-order valence-corrected chi connectivity index (χ4v) is 5.88. The van der Waals surface area contributed by atoms with E-state index in [1.807, 2.05) is 0 Å². The first-order valence-electron chi connectivity index (χ1n) is 7.89. The molecule has 10 heteroatoms. The fraction of sp³-hybridized carbons (Fsp3) is 0.533. The predicted octanol–water partition coefficient (Wildman–Crippen LogP) is 1.10. The lowest BCUT2D eigenvalue weighted by atomic mass is 10.3. The Labute approximate surface area is 156 Å². The molecule has 2 aliphatic rings. The quantitative estimate of drug-likeness (QED) is 0.684. The molecule has 1 aromatic carbocycles. The van der Waals surface area contributed by atoms with Gasteiger partial charge in [-0.05, 0) is 47.0 Å². The lowest BCUT2D eigenvalue weighted by Gasteiger charge is -2.34. The van der Waals surface area contributed by atoms with Crippen LogP contribution in [-0.2, 0) is 24.7 Å². The minimum Gasteiger partial charge on any atom is -0.340 e. The monoisotopic (exact) mass is 450 g/mol. The van der Waals surface area contributed by atoms with Crippen molar-refractivity contribution in [2.24, 2.45) is 5.92 Å². The van der Waals surface area contributed by atoms with E-state index >= 15 is 0 Å². The summed E-state index contributed by atoms with van der Waals surface area (Å²) in [4.78, 5) is 13.7. The molecule has 0 atom stereocenters. The summed E-state index contributed by atoms with van der Waals surface area (Å²) in [5.74, 6) is 0.223. The van der Waals surface area contributed by atoms with E-state index in [-0.39, 0.29) is 34.7 Å². The summed E-state index contributed by atoms with van der Waals surface area (Å²) in [6.45, 7) is 1.13. The number of carbonyl (C=O) groups excluding carboxylic acids is 1. The number of benzene rings is 1. The van der Waals surface area contributed by atoms with Crippen molar-refractivity contribution >= 4 is 41.7 Å². The maximum Gasteiger partial charge on any atom is 0.244 e. The van der Waals surface area contributed by atoms with Crippen molar-refractivity contribution in [3.8, 4) is 0 Å². The van der Waals surface area contributed by atoms with Gasteiger partial charge < -0.3 is 4.90 Å². The molecule has 0 N–H and O–H groups in total. The zero-order chi connectivity index (χ0) is 18.4. The van der Waals surface area contributed by atoms with Gasteiger partial charge in [0.1, 0.15) is 0 Å². The molecule has 0 aromatic heterocycles. The summed E-state index contributed by atoms with van der Waals surface area (Å²) in [6, 6.07) is 3.97. The molecule has 1 aliphatic carbocycles. The lowest BCUT2D eigenvalue weighted by molar-refractivity contribution is -0.133. The average Bonchev–Trinajstić information content (AvgIpc) is 3.38. The number of carbonyl (C=O) groups is 1. The molecule has 1 heterocycles. The van der Waals surface area contributed by atoms with Crippen LogP contribution in [0.25, 0.3) is 0 Å². The Morgan fingerprint density at radius 2 is 1.68 bits per heavy atom. The van der Waals surface area contributed by atoms with Gasteiger partial charge in [-0.25, -0.2) is 16.8 Å². The zero-order valence-corrected chi connectivity index (χ0v) is 16.9. The van der Waals surface area contributed by atoms with E-state index in [4.69, 9.17) is 0 Å². The van der Waals surface area contributed by atoms with Crippen molar-refractivity contribution in [2.45, 2.75) is 22.6 Å². The Morgan fingerprint density at radius 1 is 1.08 bits per heavy atom. The first-order chi connectivity index (χ1) is 11.6. The molecule has 1 amide bonds. The Morgan fingerprint density at radius 3 is 2.20 bits per heavy atom. The maximum atomic E-state index is 12.9. The molecular formula is C15H19BrN2O5S2. The van der Waals surface area contributed by atoms with Crippen LogP contribution >= 0.6 is 15.9 Å². The van der Waals surface area contributed by atoms with E-state index in [1.54, 1.807) is 4.90 Å². The molecule has 2 fully saturated rings. The normalized spacial score (nSPS) is 19.8. The van der Waals surface area contributed by atoms with E-state index in [1.165, 1.54) is 22.5 Å². The molecule has 0 unspecified atom stereocenters. The van der Waals surface area contributed by atoms with Crippen molar-refractivity contribution in [2.75, 3.05) is 32.4 Å². The van der Waals surface area contributed by atoms with Gasteiger partial charge in [-0.15, -0.1) is 0 Å². The highest BCUT2D eigenvalue weighted by atomic mass is 79.9. The largest absolute Gasteiger partial charge is 0.340 e. The van der Waals surface area contributed by atoms with Gasteiger partial charge in [0.05, 0.1) is 9.79 Å².